The maximum atomic E-state index is 4.12. The number of rotatable bonds is 3. The Bertz CT molecular complexity index is 286. The Hall–Kier alpha value is -1.09. The van der Waals surface area contributed by atoms with Crippen LogP contribution in [0.3, 0.4) is 0 Å². The summed E-state index contributed by atoms with van der Waals surface area (Å²) in [5.74, 6) is 0. The van der Waals surface area contributed by atoms with Crippen molar-refractivity contribution in [3.63, 3.8) is 0 Å². The highest BCUT2D eigenvalue weighted by Crippen LogP contribution is 2.18. The second-order valence-electron chi connectivity index (χ2n) is 4.01. The lowest BCUT2D eigenvalue weighted by Crippen LogP contribution is -2.50. The zero-order chi connectivity index (χ0) is 9.97. The third-order valence-electron chi connectivity index (χ3n) is 3.01. The minimum absolute atomic E-state index is 0.722. The van der Waals surface area contributed by atoms with Crippen molar-refractivity contribution in [2.75, 3.05) is 32.1 Å². The zero-order valence-electron chi connectivity index (χ0n) is 8.85. The molecule has 1 atom stereocenters. The normalized spacial score (nSPS) is 21.7. The molecule has 0 aromatic carbocycles. The van der Waals surface area contributed by atoms with Crippen LogP contribution >= 0.6 is 0 Å². The van der Waals surface area contributed by atoms with Gasteiger partial charge in [-0.3, -0.25) is 4.98 Å². The van der Waals surface area contributed by atoms with E-state index in [1.165, 1.54) is 18.7 Å². The monoisotopic (exact) mass is 191 g/mol. The average Bonchev–Trinajstić information content (AvgIpc) is 2.24. The lowest BCUT2D eigenvalue weighted by Gasteiger charge is -2.40. The Balaban J connectivity index is 1.92. The van der Waals surface area contributed by atoms with Gasteiger partial charge in [0.15, 0.2) is 0 Å². The largest absolute Gasteiger partial charge is 0.372 e. The van der Waals surface area contributed by atoms with E-state index in [2.05, 4.69) is 34.9 Å². The van der Waals surface area contributed by atoms with Gasteiger partial charge in [-0.25, -0.2) is 0 Å². The molecule has 76 valence electrons. The van der Waals surface area contributed by atoms with Gasteiger partial charge in [0, 0.05) is 25.8 Å². The molecule has 0 spiro atoms. The molecule has 1 fully saturated rings. The fraction of sp³-hybridized carbons (Fsp3) is 0.545. The minimum Gasteiger partial charge on any atom is -0.372 e. The smallest absolute Gasteiger partial charge is 0.0550 e. The molecule has 0 amide bonds. The standard InChI is InChI=1S/C11H17N3/c1-13-7-5-11(13)9-14(2)10-4-3-6-12-8-10/h3-4,6,8,11H,5,7,9H2,1-2H3/t11-/m1/s1. The van der Waals surface area contributed by atoms with Crippen LogP contribution in [0, 0.1) is 0 Å². The Kier molecular flexibility index (Phi) is 2.68. The molecule has 2 rings (SSSR count). The average molecular weight is 191 g/mol. The topological polar surface area (TPSA) is 19.4 Å². The van der Waals surface area contributed by atoms with E-state index in [-0.39, 0.29) is 0 Å². The highest BCUT2D eigenvalue weighted by atomic mass is 15.2. The molecule has 1 saturated heterocycles. The van der Waals surface area contributed by atoms with Crippen LogP contribution in [-0.4, -0.2) is 43.1 Å². The maximum absolute atomic E-state index is 4.12. The second kappa shape index (κ2) is 3.96. The molecular formula is C11H17N3. The van der Waals surface area contributed by atoms with Crippen LogP contribution < -0.4 is 4.90 Å². The Morgan fingerprint density at radius 1 is 1.64 bits per heavy atom. The molecule has 3 nitrogen and oxygen atoms in total. The van der Waals surface area contributed by atoms with Gasteiger partial charge in [-0.2, -0.15) is 0 Å². The van der Waals surface area contributed by atoms with Gasteiger partial charge < -0.3 is 9.80 Å². The number of nitrogens with zero attached hydrogens (tertiary/aromatic N) is 3. The molecule has 0 bridgehead atoms. The van der Waals surface area contributed by atoms with E-state index in [4.69, 9.17) is 0 Å². The molecule has 0 radical (unpaired) electrons. The summed E-state index contributed by atoms with van der Waals surface area (Å²) in [6.45, 7) is 2.34. The molecule has 1 aliphatic rings. The SMILES string of the molecule is CN(C[C@H]1CCN1C)c1cccnc1. The summed E-state index contributed by atoms with van der Waals surface area (Å²) in [4.78, 5) is 8.79. The van der Waals surface area contributed by atoms with Gasteiger partial charge >= 0.3 is 0 Å². The van der Waals surface area contributed by atoms with Gasteiger partial charge in [-0.15, -0.1) is 0 Å². The van der Waals surface area contributed by atoms with Gasteiger partial charge in [0.05, 0.1) is 11.9 Å². The number of pyridine rings is 1. The van der Waals surface area contributed by atoms with Gasteiger partial charge in [-0.05, 0) is 32.1 Å². The highest BCUT2D eigenvalue weighted by Gasteiger charge is 2.24. The number of likely N-dealkylation sites (N-methyl/N-ethyl adjacent to an activating group) is 2. The van der Waals surface area contributed by atoms with Crippen molar-refractivity contribution in [3.05, 3.63) is 24.5 Å². The van der Waals surface area contributed by atoms with Crippen molar-refractivity contribution in [1.29, 1.82) is 0 Å². The fourth-order valence-corrected chi connectivity index (χ4v) is 1.80. The fourth-order valence-electron chi connectivity index (χ4n) is 1.80. The van der Waals surface area contributed by atoms with Crippen molar-refractivity contribution < 1.29 is 0 Å². The molecule has 0 N–H and O–H groups in total. The van der Waals surface area contributed by atoms with Crippen molar-refractivity contribution in [2.24, 2.45) is 0 Å². The third kappa shape index (κ3) is 1.87. The van der Waals surface area contributed by atoms with E-state index >= 15 is 0 Å². The number of anilines is 1. The predicted octanol–water partition coefficient (Wildman–Crippen LogP) is 1.22. The molecule has 0 aliphatic carbocycles. The van der Waals surface area contributed by atoms with Crippen molar-refractivity contribution in [1.82, 2.24) is 9.88 Å². The molecule has 0 unspecified atom stereocenters. The Morgan fingerprint density at radius 3 is 3.00 bits per heavy atom. The summed E-state index contributed by atoms with van der Waals surface area (Å²) in [6, 6.07) is 4.81. The minimum atomic E-state index is 0.722. The van der Waals surface area contributed by atoms with Crippen LogP contribution in [0.5, 0.6) is 0 Å². The summed E-state index contributed by atoms with van der Waals surface area (Å²) in [7, 11) is 4.31. The quantitative estimate of drug-likeness (QED) is 0.716. The van der Waals surface area contributed by atoms with Crippen LogP contribution in [0.2, 0.25) is 0 Å². The summed E-state index contributed by atoms with van der Waals surface area (Å²) in [5.41, 5.74) is 1.20. The number of aromatic nitrogens is 1. The van der Waals surface area contributed by atoms with E-state index in [0.29, 0.717) is 0 Å². The van der Waals surface area contributed by atoms with E-state index in [9.17, 15) is 0 Å². The Labute approximate surface area is 85.4 Å². The first-order valence-corrected chi connectivity index (χ1v) is 5.09. The van der Waals surface area contributed by atoms with Gasteiger partial charge in [0.25, 0.3) is 0 Å². The molecular weight excluding hydrogens is 174 g/mol. The molecule has 14 heavy (non-hydrogen) atoms. The van der Waals surface area contributed by atoms with Crippen LogP contribution in [0.25, 0.3) is 0 Å². The van der Waals surface area contributed by atoms with Crippen molar-refractivity contribution in [3.8, 4) is 0 Å². The summed E-state index contributed by atoms with van der Waals surface area (Å²) >= 11 is 0. The number of hydrogen-bond donors (Lipinski definition) is 0. The van der Waals surface area contributed by atoms with E-state index < -0.39 is 0 Å². The lowest BCUT2D eigenvalue weighted by atomic mass is 10.0. The third-order valence-corrected chi connectivity index (χ3v) is 3.01. The van der Waals surface area contributed by atoms with Crippen LogP contribution in [0.4, 0.5) is 5.69 Å². The van der Waals surface area contributed by atoms with Gasteiger partial charge in [0.2, 0.25) is 0 Å². The maximum Gasteiger partial charge on any atom is 0.0550 e. The first-order chi connectivity index (χ1) is 6.77. The summed E-state index contributed by atoms with van der Waals surface area (Å²) in [6.07, 6.45) is 5.05. The molecule has 3 heteroatoms. The van der Waals surface area contributed by atoms with Crippen molar-refractivity contribution in [2.45, 2.75) is 12.5 Å². The van der Waals surface area contributed by atoms with E-state index in [1.54, 1.807) is 0 Å². The van der Waals surface area contributed by atoms with Crippen molar-refractivity contribution >= 4 is 5.69 Å². The predicted molar refractivity (Wildman–Crippen MR) is 58.5 cm³/mol. The first-order valence-electron chi connectivity index (χ1n) is 5.09. The second-order valence-corrected chi connectivity index (χ2v) is 4.01. The Morgan fingerprint density at radius 2 is 2.50 bits per heavy atom. The van der Waals surface area contributed by atoms with E-state index in [1.807, 2.05) is 18.5 Å². The zero-order valence-corrected chi connectivity index (χ0v) is 8.85. The lowest BCUT2D eigenvalue weighted by molar-refractivity contribution is 0.132. The van der Waals surface area contributed by atoms with Crippen LogP contribution in [0.15, 0.2) is 24.5 Å². The van der Waals surface area contributed by atoms with Crippen LogP contribution in [0.1, 0.15) is 6.42 Å². The highest BCUT2D eigenvalue weighted by molar-refractivity contribution is 5.42. The van der Waals surface area contributed by atoms with Gasteiger partial charge in [0.1, 0.15) is 0 Å². The number of hydrogen-bond acceptors (Lipinski definition) is 3. The molecule has 1 aromatic heterocycles. The molecule has 0 saturated carbocycles. The molecule has 1 aliphatic heterocycles. The van der Waals surface area contributed by atoms with Gasteiger partial charge in [-0.1, -0.05) is 0 Å². The van der Waals surface area contributed by atoms with Crippen LogP contribution in [-0.2, 0) is 0 Å². The first kappa shape index (κ1) is 9.46. The number of likely N-dealkylation sites (tertiary alicyclic amines) is 1. The van der Waals surface area contributed by atoms with E-state index in [0.717, 1.165) is 12.6 Å². The summed E-state index contributed by atoms with van der Waals surface area (Å²) in [5, 5.41) is 0. The molecule has 1 aromatic rings. The molecule has 2 heterocycles. The summed E-state index contributed by atoms with van der Waals surface area (Å²) < 4.78 is 0.